The van der Waals surface area contributed by atoms with E-state index >= 15 is 0 Å². The summed E-state index contributed by atoms with van der Waals surface area (Å²) in [6, 6.07) is 8.73. The molecule has 7 heteroatoms. The summed E-state index contributed by atoms with van der Waals surface area (Å²) in [7, 11) is 2.10. The lowest BCUT2D eigenvalue weighted by molar-refractivity contribution is 0.0918. The standard InChI is InChI=1S/C19H21N5O2/c1-24-8-6-13(7-9-24)21-19(26)15-10-17(12-2-4-14(25)5-3-12)22-18-16(15)11-20-23-18/h2-5,10-11,13,25H,6-9H2,1H3,(H,21,26)(H,20,22,23). The number of benzene rings is 1. The first-order valence-corrected chi connectivity index (χ1v) is 8.73. The number of hydrogen-bond acceptors (Lipinski definition) is 5. The number of phenols is 1. The molecule has 0 unspecified atom stereocenters. The first kappa shape index (κ1) is 16.5. The SMILES string of the molecule is CN1CCC(NC(=O)c2cc(-c3ccc(O)cc3)nc3[nH]ncc23)CC1. The number of nitrogens with one attached hydrogen (secondary N) is 2. The molecule has 0 radical (unpaired) electrons. The summed E-state index contributed by atoms with van der Waals surface area (Å²) in [4.78, 5) is 19.7. The normalized spacial score (nSPS) is 16.0. The van der Waals surface area contributed by atoms with Crippen LogP contribution in [0.2, 0.25) is 0 Å². The highest BCUT2D eigenvalue weighted by Gasteiger charge is 2.21. The number of piperidine rings is 1. The van der Waals surface area contributed by atoms with Crippen LogP contribution in [0.4, 0.5) is 0 Å². The van der Waals surface area contributed by atoms with E-state index in [0.29, 0.717) is 22.3 Å². The van der Waals surface area contributed by atoms with Crippen molar-refractivity contribution in [1.82, 2.24) is 25.4 Å². The molecule has 1 saturated heterocycles. The summed E-state index contributed by atoms with van der Waals surface area (Å²) in [5.41, 5.74) is 2.62. The largest absolute Gasteiger partial charge is 0.508 e. The first-order chi connectivity index (χ1) is 12.6. The van der Waals surface area contributed by atoms with Gasteiger partial charge in [-0.1, -0.05) is 0 Å². The molecule has 0 bridgehead atoms. The van der Waals surface area contributed by atoms with Gasteiger partial charge in [-0.3, -0.25) is 9.89 Å². The van der Waals surface area contributed by atoms with Crippen LogP contribution in [-0.2, 0) is 0 Å². The molecule has 0 aliphatic carbocycles. The molecule has 134 valence electrons. The van der Waals surface area contributed by atoms with Crippen molar-refractivity contribution >= 4 is 16.9 Å². The van der Waals surface area contributed by atoms with Crippen molar-refractivity contribution in [1.29, 1.82) is 0 Å². The van der Waals surface area contributed by atoms with Gasteiger partial charge >= 0.3 is 0 Å². The number of amides is 1. The number of carbonyl (C=O) groups is 1. The first-order valence-electron chi connectivity index (χ1n) is 8.73. The Hall–Kier alpha value is -2.93. The fourth-order valence-electron chi connectivity index (χ4n) is 3.31. The third-order valence-corrected chi connectivity index (χ3v) is 4.88. The number of phenolic OH excluding ortho intramolecular Hbond substituents is 1. The number of likely N-dealkylation sites (tertiary alicyclic amines) is 1. The molecule has 0 saturated carbocycles. The Balaban J connectivity index is 1.66. The van der Waals surface area contributed by atoms with Crippen molar-refractivity contribution in [2.24, 2.45) is 0 Å². The van der Waals surface area contributed by atoms with Crippen molar-refractivity contribution in [3.8, 4) is 17.0 Å². The third kappa shape index (κ3) is 3.25. The van der Waals surface area contributed by atoms with Gasteiger partial charge in [0, 0.05) is 11.6 Å². The van der Waals surface area contributed by atoms with Gasteiger partial charge < -0.3 is 15.3 Å². The van der Waals surface area contributed by atoms with Gasteiger partial charge in [-0.05, 0) is 63.3 Å². The average molecular weight is 351 g/mol. The average Bonchev–Trinajstić information content (AvgIpc) is 3.12. The van der Waals surface area contributed by atoms with Crippen LogP contribution in [-0.4, -0.2) is 57.3 Å². The van der Waals surface area contributed by atoms with Crippen LogP contribution in [0.3, 0.4) is 0 Å². The van der Waals surface area contributed by atoms with Gasteiger partial charge in [-0.2, -0.15) is 5.10 Å². The Morgan fingerprint density at radius 1 is 1.27 bits per heavy atom. The predicted octanol–water partition coefficient (Wildman–Crippen LogP) is 2.15. The van der Waals surface area contributed by atoms with Crippen LogP contribution >= 0.6 is 0 Å². The summed E-state index contributed by atoms with van der Waals surface area (Å²) >= 11 is 0. The number of carbonyl (C=O) groups excluding carboxylic acids is 1. The third-order valence-electron chi connectivity index (χ3n) is 4.88. The number of fused-ring (bicyclic) bond motifs is 1. The van der Waals surface area contributed by atoms with Crippen molar-refractivity contribution < 1.29 is 9.90 Å². The van der Waals surface area contributed by atoms with Crippen molar-refractivity contribution in [2.75, 3.05) is 20.1 Å². The second kappa shape index (κ2) is 6.76. The van der Waals surface area contributed by atoms with E-state index in [1.54, 1.807) is 36.5 Å². The minimum Gasteiger partial charge on any atom is -0.508 e. The van der Waals surface area contributed by atoms with Crippen molar-refractivity contribution in [3.63, 3.8) is 0 Å². The summed E-state index contributed by atoms with van der Waals surface area (Å²) < 4.78 is 0. The molecule has 1 fully saturated rings. The maximum absolute atomic E-state index is 12.9. The molecular formula is C19H21N5O2. The lowest BCUT2D eigenvalue weighted by atomic mass is 10.0. The van der Waals surface area contributed by atoms with Gasteiger partial charge in [0.05, 0.1) is 22.8 Å². The van der Waals surface area contributed by atoms with E-state index in [9.17, 15) is 9.90 Å². The van der Waals surface area contributed by atoms with Crippen molar-refractivity contribution in [2.45, 2.75) is 18.9 Å². The van der Waals surface area contributed by atoms with Crippen molar-refractivity contribution in [3.05, 3.63) is 42.1 Å². The lowest BCUT2D eigenvalue weighted by Crippen LogP contribution is -2.43. The number of pyridine rings is 1. The summed E-state index contributed by atoms with van der Waals surface area (Å²) in [5, 5.41) is 20.2. The Labute approximate surface area is 151 Å². The van der Waals surface area contributed by atoms with Crippen LogP contribution < -0.4 is 5.32 Å². The molecule has 26 heavy (non-hydrogen) atoms. The van der Waals surface area contributed by atoms with E-state index < -0.39 is 0 Å². The molecule has 7 nitrogen and oxygen atoms in total. The van der Waals surface area contributed by atoms with E-state index in [0.717, 1.165) is 31.5 Å². The number of nitrogens with zero attached hydrogens (tertiary/aromatic N) is 3. The molecule has 4 rings (SSSR count). The summed E-state index contributed by atoms with van der Waals surface area (Å²) in [6.45, 7) is 1.97. The van der Waals surface area contributed by atoms with E-state index in [1.807, 2.05) is 0 Å². The summed E-state index contributed by atoms with van der Waals surface area (Å²) in [6.07, 6.45) is 3.53. The van der Waals surface area contributed by atoms with Crippen LogP contribution in [0, 0.1) is 0 Å². The number of aromatic nitrogens is 3. The zero-order valence-electron chi connectivity index (χ0n) is 14.6. The predicted molar refractivity (Wildman–Crippen MR) is 99.0 cm³/mol. The highest BCUT2D eigenvalue weighted by molar-refractivity contribution is 6.06. The Morgan fingerprint density at radius 3 is 2.73 bits per heavy atom. The highest BCUT2D eigenvalue weighted by Crippen LogP contribution is 2.25. The van der Waals surface area contributed by atoms with E-state index in [-0.39, 0.29) is 17.7 Å². The molecular weight excluding hydrogens is 330 g/mol. The van der Waals surface area contributed by atoms with Crippen LogP contribution in [0.25, 0.3) is 22.3 Å². The fraction of sp³-hybridized carbons (Fsp3) is 0.316. The second-order valence-electron chi connectivity index (χ2n) is 6.79. The molecule has 3 N–H and O–H groups in total. The van der Waals surface area contributed by atoms with E-state index in [1.165, 1.54) is 0 Å². The smallest absolute Gasteiger partial charge is 0.252 e. The monoisotopic (exact) mass is 351 g/mol. The molecule has 0 atom stereocenters. The molecule has 1 aliphatic rings. The molecule has 1 aromatic carbocycles. The van der Waals surface area contributed by atoms with Gasteiger partial charge in [0.15, 0.2) is 5.65 Å². The molecule has 1 aliphatic heterocycles. The lowest BCUT2D eigenvalue weighted by Gasteiger charge is -2.29. The minimum atomic E-state index is -0.103. The topological polar surface area (TPSA) is 94.1 Å². The highest BCUT2D eigenvalue weighted by atomic mass is 16.3. The Kier molecular flexibility index (Phi) is 4.30. The minimum absolute atomic E-state index is 0.103. The maximum atomic E-state index is 12.9. The van der Waals surface area contributed by atoms with Gasteiger partial charge in [0.2, 0.25) is 0 Å². The molecule has 2 aromatic heterocycles. The second-order valence-corrected chi connectivity index (χ2v) is 6.79. The summed E-state index contributed by atoms with van der Waals surface area (Å²) in [5.74, 6) is 0.0879. The van der Waals surface area contributed by atoms with Gasteiger partial charge in [0.25, 0.3) is 5.91 Å². The number of aromatic hydroxyl groups is 1. The quantitative estimate of drug-likeness (QED) is 0.672. The molecule has 3 aromatic rings. The van der Waals surface area contributed by atoms with E-state index in [2.05, 4.69) is 32.4 Å². The Bertz CT molecular complexity index is 927. The number of rotatable bonds is 3. The zero-order valence-corrected chi connectivity index (χ0v) is 14.6. The van der Waals surface area contributed by atoms with Gasteiger partial charge in [0.1, 0.15) is 5.75 Å². The Morgan fingerprint density at radius 2 is 2.00 bits per heavy atom. The fourth-order valence-corrected chi connectivity index (χ4v) is 3.31. The maximum Gasteiger partial charge on any atom is 0.252 e. The van der Waals surface area contributed by atoms with Crippen LogP contribution in [0.5, 0.6) is 5.75 Å². The van der Waals surface area contributed by atoms with Gasteiger partial charge in [-0.25, -0.2) is 4.98 Å². The number of H-pyrrole nitrogens is 1. The van der Waals surface area contributed by atoms with Crippen LogP contribution in [0.1, 0.15) is 23.2 Å². The molecule has 3 heterocycles. The molecule has 1 amide bonds. The zero-order chi connectivity index (χ0) is 18.1. The van der Waals surface area contributed by atoms with Crippen LogP contribution in [0.15, 0.2) is 36.5 Å². The van der Waals surface area contributed by atoms with Gasteiger partial charge in [-0.15, -0.1) is 0 Å². The number of aromatic amines is 1. The number of hydrogen-bond donors (Lipinski definition) is 3. The van der Waals surface area contributed by atoms with E-state index in [4.69, 9.17) is 0 Å². The molecule has 0 spiro atoms.